The molecule has 19 heavy (non-hydrogen) atoms. The molecule has 104 valence electrons. The molecule has 3 nitrogen and oxygen atoms in total. The van der Waals surface area contributed by atoms with Gasteiger partial charge in [0.2, 0.25) is 0 Å². The molecule has 0 aliphatic rings. The van der Waals surface area contributed by atoms with Crippen LogP contribution in [-0.2, 0) is 4.74 Å². The van der Waals surface area contributed by atoms with Crippen molar-refractivity contribution >= 4 is 0 Å². The number of benzene rings is 1. The summed E-state index contributed by atoms with van der Waals surface area (Å²) in [5.74, 6) is 0.744. The summed E-state index contributed by atoms with van der Waals surface area (Å²) in [6, 6.07) is 9.30. The topological polar surface area (TPSA) is 42.2 Å². The van der Waals surface area contributed by atoms with E-state index in [9.17, 15) is 0 Å². The highest BCUT2D eigenvalue weighted by Gasteiger charge is 2.08. The smallest absolute Gasteiger partial charge is 0.120 e. The summed E-state index contributed by atoms with van der Waals surface area (Å²) < 4.78 is 11.1. The minimum Gasteiger partial charge on any atom is -0.493 e. The first-order chi connectivity index (χ1) is 9.01. The van der Waals surface area contributed by atoms with Crippen molar-refractivity contribution in [3.8, 4) is 11.8 Å². The minimum absolute atomic E-state index is 0.328. The Bertz CT molecular complexity index is 415. The van der Waals surface area contributed by atoms with Crippen molar-refractivity contribution in [3.05, 3.63) is 29.8 Å². The molecule has 0 spiro atoms. The van der Waals surface area contributed by atoms with Gasteiger partial charge in [-0.05, 0) is 30.0 Å². The molecule has 0 fully saturated rings. The van der Waals surface area contributed by atoms with Crippen LogP contribution < -0.4 is 4.74 Å². The largest absolute Gasteiger partial charge is 0.493 e. The van der Waals surface area contributed by atoms with Gasteiger partial charge in [0, 0.05) is 19.6 Å². The second-order valence-electron chi connectivity index (χ2n) is 5.76. The van der Waals surface area contributed by atoms with E-state index in [2.05, 4.69) is 26.8 Å². The molecule has 0 heterocycles. The average Bonchev–Trinajstić information content (AvgIpc) is 2.36. The Balaban J connectivity index is 2.09. The quantitative estimate of drug-likeness (QED) is 0.701. The van der Waals surface area contributed by atoms with Gasteiger partial charge in [0.15, 0.2) is 0 Å². The third-order valence-electron chi connectivity index (χ3n) is 2.66. The Labute approximate surface area is 116 Å². The predicted molar refractivity (Wildman–Crippen MR) is 76.2 cm³/mol. The molecule has 1 rings (SSSR count). The third kappa shape index (κ3) is 7.48. The standard InChI is InChI=1S/C16H23NO2/c1-16(2,3)8-11-18-9-5-10-19-15-7-4-6-14(12-15)13-17/h4,6-7,12H,5,8-11H2,1-3H3. The second kappa shape index (κ2) is 7.81. The Morgan fingerprint density at radius 1 is 1.16 bits per heavy atom. The average molecular weight is 261 g/mol. The monoisotopic (exact) mass is 261 g/mol. The van der Waals surface area contributed by atoms with Gasteiger partial charge in [0.05, 0.1) is 18.2 Å². The predicted octanol–water partition coefficient (Wildman–Crippen LogP) is 3.78. The maximum Gasteiger partial charge on any atom is 0.120 e. The van der Waals surface area contributed by atoms with E-state index < -0.39 is 0 Å². The minimum atomic E-state index is 0.328. The van der Waals surface area contributed by atoms with E-state index in [1.807, 2.05) is 12.1 Å². The van der Waals surface area contributed by atoms with Crippen molar-refractivity contribution in [3.63, 3.8) is 0 Å². The lowest BCUT2D eigenvalue weighted by Gasteiger charge is -2.17. The third-order valence-corrected chi connectivity index (χ3v) is 2.66. The van der Waals surface area contributed by atoms with E-state index in [0.29, 0.717) is 24.2 Å². The van der Waals surface area contributed by atoms with Crippen LogP contribution in [0.15, 0.2) is 24.3 Å². The summed E-state index contributed by atoms with van der Waals surface area (Å²) in [7, 11) is 0. The van der Waals surface area contributed by atoms with Crippen molar-refractivity contribution in [2.24, 2.45) is 5.41 Å². The zero-order valence-electron chi connectivity index (χ0n) is 12.1. The Hall–Kier alpha value is -1.53. The molecule has 1 aromatic carbocycles. The van der Waals surface area contributed by atoms with E-state index in [-0.39, 0.29) is 0 Å². The first-order valence-electron chi connectivity index (χ1n) is 6.72. The van der Waals surface area contributed by atoms with Crippen LogP contribution in [0.1, 0.15) is 39.2 Å². The van der Waals surface area contributed by atoms with Crippen molar-refractivity contribution in [2.45, 2.75) is 33.6 Å². The Kier molecular flexibility index (Phi) is 6.38. The zero-order chi connectivity index (χ0) is 14.1. The number of ether oxygens (including phenoxy) is 2. The molecule has 0 unspecified atom stereocenters. The lowest BCUT2D eigenvalue weighted by Crippen LogP contribution is -2.11. The molecule has 0 saturated heterocycles. The summed E-state index contributed by atoms with van der Waals surface area (Å²) in [4.78, 5) is 0. The number of hydrogen-bond donors (Lipinski definition) is 0. The van der Waals surface area contributed by atoms with Gasteiger partial charge in [-0.25, -0.2) is 0 Å². The molecule has 0 aromatic heterocycles. The van der Waals surface area contributed by atoms with Gasteiger partial charge in [0.25, 0.3) is 0 Å². The number of hydrogen-bond acceptors (Lipinski definition) is 3. The summed E-state index contributed by atoms with van der Waals surface area (Å²) in [6.07, 6.45) is 1.93. The molecule has 0 aliphatic carbocycles. The van der Waals surface area contributed by atoms with Crippen molar-refractivity contribution in [1.29, 1.82) is 5.26 Å². The summed E-state index contributed by atoms with van der Waals surface area (Å²) >= 11 is 0. The zero-order valence-corrected chi connectivity index (χ0v) is 12.1. The van der Waals surface area contributed by atoms with Crippen molar-refractivity contribution < 1.29 is 9.47 Å². The molecule has 0 saturated carbocycles. The van der Waals surface area contributed by atoms with E-state index >= 15 is 0 Å². The fraction of sp³-hybridized carbons (Fsp3) is 0.562. The van der Waals surface area contributed by atoms with E-state index in [4.69, 9.17) is 14.7 Å². The van der Waals surface area contributed by atoms with Crippen LogP contribution in [-0.4, -0.2) is 19.8 Å². The van der Waals surface area contributed by atoms with Crippen molar-refractivity contribution in [2.75, 3.05) is 19.8 Å². The van der Waals surface area contributed by atoms with E-state index in [1.54, 1.807) is 12.1 Å². The van der Waals surface area contributed by atoms with Gasteiger partial charge in [-0.3, -0.25) is 0 Å². The molecule has 0 aliphatic heterocycles. The molecule has 1 aromatic rings. The van der Waals surface area contributed by atoms with Gasteiger partial charge in [0.1, 0.15) is 5.75 Å². The highest BCUT2D eigenvalue weighted by molar-refractivity contribution is 5.36. The molecular formula is C16H23NO2. The summed E-state index contributed by atoms with van der Waals surface area (Å²) in [6.45, 7) is 8.76. The summed E-state index contributed by atoms with van der Waals surface area (Å²) in [5.41, 5.74) is 0.952. The fourth-order valence-corrected chi connectivity index (χ4v) is 1.49. The molecule has 0 amide bonds. The first kappa shape index (κ1) is 15.5. The van der Waals surface area contributed by atoms with Crippen LogP contribution in [0.2, 0.25) is 0 Å². The normalized spacial score (nSPS) is 11.1. The lowest BCUT2D eigenvalue weighted by molar-refractivity contribution is 0.0973. The van der Waals surface area contributed by atoms with E-state index in [1.165, 1.54) is 0 Å². The molecule has 0 bridgehead atoms. The fourth-order valence-electron chi connectivity index (χ4n) is 1.49. The van der Waals surface area contributed by atoms with Gasteiger partial charge in [-0.1, -0.05) is 26.8 Å². The van der Waals surface area contributed by atoms with Crippen LogP contribution in [0.4, 0.5) is 0 Å². The van der Waals surface area contributed by atoms with E-state index in [0.717, 1.165) is 25.2 Å². The SMILES string of the molecule is CC(C)(C)CCOCCCOc1cccc(C#N)c1. The van der Waals surface area contributed by atoms with Gasteiger partial charge in [-0.15, -0.1) is 0 Å². The van der Waals surface area contributed by atoms with Crippen LogP contribution in [0.5, 0.6) is 5.75 Å². The second-order valence-corrected chi connectivity index (χ2v) is 5.76. The molecule has 0 radical (unpaired) electrons. The number of nitrogens with zero attached hydrogens (tertiary/aromatic N) is 1. The molecular weight excluding hydrogens is 238 g/mol. The first-order valence-corrected chi connectivity index (χ1v) is 6.72. The molecule has 0 N–H and O–H groups in total. The maximum atomic E-state index is 8.77. The highest BCUT2D eigenvalue weighted by atomic mass is 16.5. The van der Waals surface area contributed by atoms with Gasteiger partial charge < -0.3 is 9.47 Å². The Morgan fingerprint density at radius 2 is 1.95 bits per heavy atom. The summed E-state index contributed by atoms with van der Waals surface area (Å²) in [5, 5.41) is 8.77. The molecule has 3 heteroatoms. The maximum absolute atomic E-state index is 8.77. The van der Waals surface area contributed by atoms with Gasteiger partial charge in [-0.2, -0.15) is 5.26 Å². The lowest BCUT2D eigenvalue weighted by atomic mass is 9.93. The molecule has 0 atom stereocenters. The number of nitriles is 1. The van der Waals surface area contributed by atoms with Gasteiger partial charge >= 0.3 is 0 Å². The van der Waals surface area contributed by atoms with Crippen molar-refractivity contribution in [1.82, 2.24) is 0 Å². The number of rotatable bonds is 7. The van der Waals surface area contributed by atoms with Crippen LogP contribution in [0, 0.1) is 16.7 Å². The van der Waals surface area contributed by atoms with Crippen LogP contribution in [0.3, 0.4) is 0 Å². The highest BCUT2D eigenvalue weighted by Crippen LogP contribution is 2.18. The van der Waals surface area contributed by atoms with Crippen LogP contribution >= 0.6 is 0 Å². The Morgan fingerprint density at radius 3 is 2.63 bits per heavy atom. The van der Waals surface area contributed by atoms with Crippen LogP contribution in [0.25, 0.3) is 0 Å².